The van der Waals surface area contributed by atoms with Gasteiger partial charge in [-0.2, -0.15) is 0 Å². The number of hydrogen-bond donors (Lipinski definition) is 1. The van der Waals surface area contributed by atoms with Gasteiger partial charge in [-0.15, -0.1) is 0 Å². The molecule has 0 amide bonds. The third-order valence-electron chi connectivity index (χ3n) is 3.99. The van der Waals surface area contributed by atoms with Crippen molar-refractivity contribution in [3.63, 3.8) is 0 Å². The van der Waals surface area contributed by atoms with Crippen molar-refractivity contribution in [3.05, 3.63) is 34.1 Å². The molecule has 1 aromatic carbocycles. The van der Waals surface area contributed by atoms with Gasteiger partial charge in [-0.1, -0.05) is 29.8 Å². The van der Waals surface area contributed by atoms with Crippen LogP contribution in [0.4, 0.5) is 4.39 Å². The molecule has 20 heavy (non-hydrogen) atoms. The summed E-state index contributed by atoms with van der Waals surface area (Å²) in [6.07, 6.45) is 1.86. The van der Waals surface area contributed by atoms with Gasteiger partial charge in [-0.25, -0.2) is 4.39 Å². The Kier molecular flexibility index (Phi) is 4.49. The largest absolute Gasteiger partial charge is 0.480 e. The second-order valence-corrected chi connectivity index (χ2v) is 6.89. The number of carboxylic acid groups (broad SMARTS) is 1. The maximum absolute atomic E-state index is 13.4. The number of benzene rings is 1. The predicted octanol–water partition coefficient (Wildman–Crippen LogP) is 3.66. The summed E-state index contributed by atoms with van der Waals surface area (Å²) in [6.45, 7) is 5.14. The van der Waals surface area contributed by atoms with Gasteiger partial charge in [0.2, 0.25) is 0 Å². The monoisotopic (exact) mass is 343 g/mol. The molecule has 1 aliphatic heterocycles. The second kappa shape index (κ2) is 5.82. The van der Waals surface area contributed by atoms with E-state index in [9.17, 15) is 14.3 Å². The van der Waals surface area contributed by atoms with Gasteiger partial charge >= 0.3 is 5.97 Å². The minimum Gasteiger partial charge on any atom is -0.480 e. The Morgan fingerprint density at radius 2 is 2.25 bits per heavy atom. The molecule has 1 atom stereocenters. The average molecular weight is 344 g/mol. The molecule has 2 rings (SSSR count). The zero-order valence-electron chi connectivity index (χ0n) is 11.7. The summed E-state index contributed by atoms with van der Waals surface area (Å²) in [7, 11) is 0. The summed E-state index contributed by atoms with van der Waals surface area (Å²) >= 11 is 3.40. The number of likely N-dealkylation sites (tertiary alicyclic amines) is 1. The van der Waals surface area contributed by atoms with Crippen LogP contribution in [0.15, 0.2) is 22.7 Å². The van der Waals surface area contributed by atoms with E-state index < -0.39 is 12.0 Å². The van der Waals surface area contributed by atoms with Crippen molar-refractivity contribution in [1.29, 1.82) is 0 Å². The van der Waals surface area contributed by atoms with Gasteiger partial charge in [0.15, 0.2) is 0 Å². The van der Waals surface area contributed by atoms with E-state index in [2.05, 4.69) is 15.9 Å². The molecule has 0 aliphatic carbocycles. The predicted molar refractivity (Wildman–Crippen MR) is 78.9 cm³/mol. The number of nitrogens with zero attached hydrogens (tertiary/aromatic N) is 1. The van der Waals surface area contributed by atoms with E-state index in [4.69, 9.17) is 0 Å². The molecule has 1 N–H and O–H groups in total. The van der Waals surface area contributed by atoms with Gasteiger partial charge in [0.25, 0.3) is 0 Å². The van der Waals surface area contributed by atoms with Crippen LogP contribution in [-0.4, -0.2) is 28.6 Å². The van der Waals surface area contributed by atoms with Gasteiger partial charge in [0, 0.05) is 11.0 Å². The summed E-state index contributed by atoms with van der Waals surface area (Å²) in [5.74, 6) is -1.10. The summed E-state index contributed by atoms with van der Waals surface area (Å²) < 4.78 is 14.2. The quantitative estimate of drug-likeness (QED) is 0.910. The van der Waals surface area contributed by atoms with E-state index in [1.807, 2.05) is 18.7 Å². The van der Waals surface area contributed by atoms with Crippen LogP contribution in [0.5, 0.6) is 0 Å². The van der Waals surface area contributed by atoms with Gasteiger partial charge in [0.1, 0.15) is 11.9 Å². The maximum Gasteiger partial charge on any atom is 0.321 e. The lowest BCUT2D eigenvalue weighted by atomic mass is 9.76. The highest BCUT2D eigenvalue weighted by molar-refractivity contribution is 9.10. The molecule has 0 aromatic heterocycles. The highest BCUT2D eigenvalue weighted by Crippen LogP contribution is 2.36. The van der Waals surface area contributed by atoms with Crippen LogP contribution < -0.4 is 0 Å². The van der Waals surface area contributed by atoms with E-state index in [1.54, 1.807) is 6.07 Å². The van der Waals surface area contributed by atoms with E-state index in [0.717, 1.165) is 29.4 Å². The lowest BCUT2D eigenvalue weighted by Gasteiger charge is -2.44. The van der Waals surface area contributed by atoms with E-state index in [0.29, 0.717) is 6.54 Å². The fraction of sp³-hybridized carbons (Fsp3) is 0.533. The number of aliphatic carboxylic acids is 1. The molecular formula is C15H19BrFNO2. The lowest BCUT2D eigenvalue weighted by molar-refractivity contribution is -0.151. The van der Waals surface area contributed by atoms with Crippen molar-refractivity contribution >= 4 is 21.9 Å². The van der Waals surface area contributed by atoms with E-state index in [-0.39, 0.29) is 11.2 Å². The molecule has 1 aliphatic rings. The van der Waals surface area contributed by atoms with Gasteiger partial charge in [0.05, 0.1) is 0 Å². The number of carboxylic acids is 1. The fourth-order valence-electron chi connectivity index (χ4n) is 3.04. The third-order valence-corrected chi connectivity index (χ3v) is 4.76. The van der Waals surface area contributed by atoms with Crippen LogP contribution in [0.2, 0.25) is 0 Å². The first-order chi connectivity index (χ1) is 9.31. The first-order valence-corrected chi connectivity index (χ1v) is 7.51. The molecule has 0 spiro atoms. The molecule has 1 unspecified atom stereocenters. The van der Waals surface area contributed by atoms with Crippen LogP contribution in [0, 0.1) is 11.2 Å². The Morgan fingerprint density at radius 1 is 1.55 bits per heavy atom. The van der Waals surface area contributed by atoms with Crippen LogP contribution in [-0.2, 0) is 11.3 Å². The van der Waals surface area contributed by atoms with Crippen molar-refractivity contribution in [2.45, 2.75) is 39.3 Å². The highest BCUT2D eigenvalue weighted by atomic mass is 79.9. The highest BCUT2D eigenvalue weighted by Gasteiger charge is 2.42. The zero-order valence-corrected chi connectivity index (χ0v) is 13.3. The van der Waals surface area contributed by atoms with Crippen LogP contribution in [0.3, 0.4) is 0 Å². The summed E-state index contributed by atoms with van der Waals surface area (Å²) in [4.78, 5) is 13.5. The lowest BCUT2D eigenvalue weighted by Crippen LogP contribution is -2.53. The summed E-state index contributed by atoms with van der Waals surface area (Å²) in [5.41, 5.74) is 0.512. The van der Waals surface area contributed by atoms with Crippen LogP contribution in [0.1, 0.15) is 32.3 Å². The third kappa shape index (κ3) is 3.20. The van der Waals surface area contributed by atoms with E-state index in [1.165, 1.54) is 12.1 Å². The van der Waals surface area contributed by atoms with Crippen molar-refractivity contribution in [3.8, 4) is 0 Å². The number of hydrogen-bond acceptors (Lipinski definition) is 2. The summed E-state index contributed by atoms with van der Waals surface area (Å²) in [6, 6.07) is 3.98. The molecule has 1 saturated heterocycles. The number of carbonyl (C=O) groups is 1. The molecule has 0 bridgehead atoms. The minimum absolute atomic E-state index is 0.274. The zero-order chi connectivity index (χ0) is 14.9. The minimum atomic E-state index is -0.803. The molecule has 0 radical (unpaired) electrons. The Bertz CT molecular complexity index is 519. The normalized spacial score (nSPS) is 22.7. The van der Waals surface area contributed by atoms with Crippen LogP contribution >= 0.6 is 15.9 Å². The molecule has 5 heteroatoms. The first kappa shape index (κ1) is 15.4. The number of piperidine rings is 1. The Morgan fingerprint density at radius 3 is 2.90 bits per heavy atom. The molecule has 110 valence electrons. The molecule has 1 fully saturated rings. The number of rotatable bonds is 3. The Labute approximate surface area is 126 Å². The Hall–Kier alpha value is -0.940. The van der Waals surface area contributed by atoms with E-state index >= 15 is 0 Å². The van der Waals surface area contributed by atoms with Crippen molar-refractivity contribution in [2.75, 3.05) is 6.54 Å². The van der Waals surface area contributed by atoms with Crippen LogP contribution in [0.25, 0.3) is 0 Å². The first-order valence-electron chi connectivity index (χ1n) is 6.72. The standard InChI is InChI=1S/C15H19BrFNO2/c1-15(2)6-3-7-18(13(15)14(19)20)9-10-8-11(17)4-5-12(10)16/h4-5,8,13H,3,6-7,9H2,1-2H3,(H,19,20). The molecule has 3 nitrogen and oxygen atoms in total. The smallest absolute Gasteiger partial charge is 0.321 e. The molecular weight excluding hydrogens is 325 g/mol. The fourth-order valence-corrected chi connectivity index (χ4v) is 3.41. The summed E-state index contributed by atoms with van der Waals surface area (Å²) in [5, 5.41) is 9.52. The number of halogens is 2. The molecule has 0 saturated carbocycles. The second-order valence-electron chi connectivity index (χ2n) is 6.04. The average Bonchev–Trinajstić information content (AvgIpc) is 2.32. The SMILES string of the molecule is CC1(C)CCCN(Cc2cc(F)ccc2Br)C1C(=O)O. The molecule has 1 heterocycles. The maximum atomic E-state index is 13.4. The Balaban J connectivity index is 2.26. The van der Waals surface area contributed by atoms with Gasteiger partial charge in [-0.05, 0) is 48.6 Å². The van der Waals surface area contributed by atoms with Crippen molar-refractivity contribution in [1.82, 2.24) is 4.90 Å². The van der Waals surface area contributed by atoms with Gasteiger partial charge < -0.3 is 5.11 Å². The van der Waals surface area contributed by atoms with Crippen molar-refractivity contribution < 1.29 is 14.3 Å². The van der Waals surface area contributed by atoms with Gasteiger partial charge in [-0.3, -0.25) is 9.69 Å². The van der Waals surface area contributed by atoms with Crippen molar-refractivity contribution in [2.24, 2.45) is 5.41 Å². The molecule has 1 aromatic rings. The topological polar surface area (TPSA) is 40.5 Å².